The normalized spacial score (nSPS) is 10.2. The Morgan fingerprint density at radius 2 is 2.16 bits per heavy atom. The number of carbonyl (C=O) groups excluding carboxylic acids is 1. The summed E-state index contributed by atoms with van der Waals surface area (Å²) in [5.74, 6) is 1.05. The van der Waals surface area contributed by atoms with E-state index in [9.17, 15) is 4.79 Å². The lowest BCUT2D eigenvalue weighted by atomic mass is 10.2. The smallest absolute Gasteiger partial charge is 0.227 e. The van der Waals surface area contributed by atoms with Crippen molar-refractivity contribution in [3.8, 4) is 11.5 Å². The molecular formula is C15H16N2O2. The van der Waals surface area contributed by atoms with Crippen LogP contribution in [-0.4, -0.2) is 17.4 Å². The fourth-order valence-electron chi connectivity index (χ4n) is 1.69. The van der Waals surface area contributed by atoms with Crippen LogP contribution in [0.3, 0.4) is 0 Å². The van der Waals surface area contributed by atoms with Gasteiger partial charge in [0.2, 0.25) is 11.8 Å². The predicted octanol–water partition coefficient (Wildman–Crippen LogP) is 2.49. The number of aromatic nitrogens is 1. The Labute approximate surface area is 112 Å². The third-order valence-corrected chi connectivity index (χ3v) is 2.68. The molecule has 0 saturated carbocycles. The Kier molecular flexibility index (Phi) is 4.13. The second-order valence-corrected chi connectivity index (χ2v) is 4.16. The molecule has 0 unspecified atom stereocenters. The number of amides is 1. The van der Waals surface area contributed by atoms with E-state index in [1.165, 1.54) is 0 Å². The minimum absolute atomic E-state index is 0.0984. The zero-order valence-electron chi connectivity index (χ0n) is 10.8. The monoisotopic (exact) mass is 256 g/mol. The molecule has 0 fully saturated rings. The van der Waals surface area contributed by atoms with Crippen molar-refractivity contribution in [3.63, 3.8) is 0 Å². The fourth-order valence-corrected chi connectivity index (χ4v) is 1.69. The Morgan fingerprint density at radius 3 is 2.84 bits per heavy atom. The largest absolute Gasteiger partial charge is 0.440 e. The minimum atomic E-state index is -0.0984. The van der Waals surface area contributed by atoms with Gasteiger partial charge in [0.1, 0.15) is 5.76 Å². The van der Waals surface area contributed by atoms with E-state index in [1.807, 2.05) is 37.3 Å². The van der Waals surface area contributed by atoms with Crippen LogP contribution in [0.5, 0.6) is 0 Å². The maximum Gasteiger partial charge on any atom is 0.227 e. The van der Waals surface area contributed by atoms with Crippen LogP contribution in [0.1, 0.15) is 11.5 Å². The number of hydrogen-bond acceptors (Lipinski definition) is 3. The summed E-state index contributed by atoms with van der Waals surface area (Å²) in [6, 6.07) is 9.62. The van der Waals surface area contributed by atoms with Gasteiger partial charge in [0.25, 0.3) is 0 Å². The lowest BCUT2D eigenvalue weighted by Crippen LogP contribution is -2.24. The molecular weight excluding hydrogens is 240 g/mol. The van der Waals surface area contributed by atoms with Crippen molar-refractivity contribution in [2.45, 2.75) is 13.3 Å². The van der Waals surface area contributed by atoms with Crippen molar-refractivity contribution in [1.29, 1.82) is 0 Å². The molecule has 98 valence electrons. The first-order valence-electron chi connectivity index (χ1n) is 6.10. The summed E-state index contributed by atoms with van der Waals surface area (Å²) in [6.45, 7) is 5.85. The van der Waals surface area contributed by atoms with Crippen LogP contribution in [0.2, 0.25) is 0 Å². The van der Waals surface area contributed by atoms with Crippen molar-refractivity contribution >= 4 is 5.91 Å². The number of nitrogens with zero attached hydrogens (tertiary/aromatic N) is 1. The molecule has 0 saturated heterocycles. The molecule has 0 aliphatic carbocycles. The molecule has 2 rings (SSSR count). The van der Waals surface area contributed by atoms with Gasteiger partial charge >= 0.3 is 0 Å². The summed E-state index contributed by atoms with van der Waals surface area (Å²) in [4.78, 5) is 16.0. The van der Waals surface area contributed by atoms with Crippen LogP contribution in [-0.2, 0) is 11.2 Å². The molecule has 1 aromatic heterocycles. The Bertz CT molecular complexity index is 573. The number of nitrogens with one attached hydrogen (secondary N) is 1. The van der Waals surface area contributed by atoms with Gasteiger partial charge in [0.05, 0.1) is 12.1 Å². The topological polar surface area (TPSA) is 55.1 Å². The minimum Gasteiger partial charge on any atom is -0.440 e. The quantitative estimate of drug-likeness (QED) is 0.836. The summed E-state index contributed by atoms with van der Waals surface area (Å²) in [5.41, 5.74) is 1.65. The Hall–Kier alpha value is -2.36. The highest BCUT2D eigenvalue weighted by atomic mass is 16.4. The zero-order valence-corrected chi connectivity index (χ0v) is 10.8. The molecule has 0 spiro atoms. The van der Waals surface area contributed by atoms with Gasteiger partial charge in [-0.3, -0.25) is 4.79 Å². The molecule has 0 aliphatic rings. The second-order valence-electron chi connectivity index (χ2n) is 4.16. The van der Waals surface area contributed by atoms with Crippen LogP contribution in [0.15, 0.2) is 47.4 Å². The Balaban J connectivity index is 2.13. The number of benzene rings is 1. The first-order valence-corrected chi connectivity index (χ1v) is 6.10. The van der Waals surface area contributed by atoms with Crippen LogP contribution in [0, 0.1) is 6.92 Å². The molecule has 0 atom stereocenters. The summed E-state index contributed by atoms with van der Waals surface area (Å²) < 4.78 is 5.65. The van der Waals surface area contributed by atoms with E-state index in [0.29, 0.717) is 18.2 Å². The average Bonchev–Trinajstić information content (AvgIpc) is 2.79. The molecule has 1 aromatic carbocycles. The molecule has 1 amide bonds. The molecule has 2 aromatic rings. The van der Waals surface area contributed by atoms with Crippen molar-refractivity contribution in [2.24, 2.45) is 0 Å². The van der Waals surface area contributed by atoms with Gasteiger partial charge in [-0.05, 0) is 19.1 Å². The first kappa shape index (κ1) is 13.1. The molecule has 4 nitrogen and oxygen atoms in total. The predicted molar refractivity (Wildman–Crippen MR) is 73.6 cm³/mol. The molecule has 4 heteroatoms. The highest BCUT2D eigenvalue weighted by Gasteiger charge is 2.14. The van der Waals surface area contributed by atoms with E-state index in [0.717, 1.165) is 11.3 Å². The van der Waals surface area contributed by atoms with Gasteiger partial charge in [0, 0.05) is 12.1 Å². The van der Waals surface area contributed by atoms with Gasteiger partial charge in [0.15, 0.2) is 0 Å². The van der Waals surface area contributed by atoms with E-state index in [1.54, 1.807) is 6.08 Å². The Morgan fingerprint density at radius 1 is 1.42 bits per heavy atom. The van der Waals surface area contributed by atoms with Crippen LogP contribution >= 0.6 is 0 Å². The average molecular weight is 256 g/mol. The number of oxazole rings is 1. The second kappa shape index (κ2) is 6.00. The standard InChI is InChI=1S/C15H16N2O2/c1-3-9-16-14(18)10-13-11(2)17-15(19-13)12-7-5-4-6-8-12/h3-8H,1,9-10H2,2H3,(H,16,18). The van der Waals surface area contributed by atoms with Crippen LogP contribution in [0.25, 0.3) is 11.5 Å². The fraction of sp³-hybridized carbons (Fsp3) is 0.200. The van der Waals surface area contributed by atoms with Crippen LogP contribution in [0.4, 0.5) is 0 Å². The first-order chi connectivity index (χ1) is 9.20. The zero-order chi connectivity index (χ0) is 13.7. The third kappa shape index (κ3) is 3.31. The number of aryl methyl sites for hydroxylation is 1. The highest BCUT2D eigenvalue weighted by molar-refractivity contribution is 5.78. The highest BCUT2D eigenvalue weighted by Crippen LogP contribution is 2.21. The summed E-state index contributed by atoms with van der Waals surface area (Å²) in [7, 11) is 0. The van der Waals surface area contributed by atoms with E-state index >= 15 is 0 Å². The summed E-state index contributed by atoms with van der Waals surface area (Å²) >= 11 is 0. The SMILES string of the molecule is C=CCNC(=O)Cc1oc(-c2ccccc2)nc1C. The van der Waals surface area contributed by atoms with E-state index in [-0.39, 0.29) is 12.3 Å². The molecule has 0 bridgehead atoms. The number of rotatable bonds is 5. The molecule has 1 heterocycles. The van der Waals surface area contributed by atoms with Crippen molar-refractivity contribution < 1.29 is 9.21 Å². The van der Waals surface area contributed by atoms with E-state index in [4.69, 9.17) is 4.42 Å². The van der Waals surface area contributed by atoms with Gasteiger partial charge in [-0.15, -0.1) is 6.58 Å². The summed E-state index contributed by atoms with van der Waals surface area (Å²) in [5, 5.41) is 2.71. The molecule has 0 aliphatic heterocycles. The molecule has 19 heavy (non-hydrogen) atoms. The van der Waals surface area contributed by atoms with Gasteiger partial charge in [-0.1, -0.05) is 24.3 Å². The maximum atomic E-state index is 11.6. The van der Waals surface area contributed by atoms with Gasteiger partial charge < -0.3 is 9.73 Å². The maximum absolute atomic E-state index is 11.6. The molecule has 0 radical (unpaired) electrons. The van der Waals surface area contributed by atoms with Crippen molar-refractivity contribution in [1.82, 2.24) is 10.3 Å². The van der Waals surface area contributed by atoms with Gasteiger partial charge in [-0.25, -0.2) is 4.98 Å². The number of hydrogen-bond donors (Lipinski definition) is 1. The van der Waals surface area contributed by atoms with Gasteiger partial charge in [-0.2, -0.15) is 0 Å². The summed E-state index contributed by atoms with van der Waals surface area (Å²) in [6.07, 6.45) is 1.83. The third-order valence-electron chi connectivity index (χ3n) is 2.68. The van der Waals surface area contributed by atoms with Crippen molar-refractivity contribution in [3.05, 3.63) is 54.4 Å². The number of carbonyl (C=O) groups is 1. The van der Waals surface area contributed by atoms with Crippen LogP contribution < -0.4 is 5.32 Å². The van der Waals surface area contributed by atoms with E-state index < -0.39 is 0 Å². The lowest BCUT2D eigenvalue weighted by Gasteiger charge is -1.99. The lowest BCUT2D eigenvalue weighted by molar-refractivity contribution is -0.120. The van der Waals surface area contributed by atoms with E-state index in [2.05, 4.69) is 16.9 Å². The van der Waals surface area contributed by atoms with Crippen molar-refractivity contribution in [2.75, 3.05) is 6.54 Å². The molecule has 1 N–H and O–H groups in total.